The maximum atomic E-state index is 4.97. The van der Waals surface area contributed by atoms with Crippen LogP contribution in [0.2, 0.25) is 0 Å². The molecule has 5 heterocycles. The third-order valence-corrected chi connectivity index (χ3v) is 9.53. The first kappa shape index (κ1) is 29.2. The maximum absolute atomic E-state index is 4.97. The van der Waals surface area contributed by atoms with Crippen molar-refractivity contribution >= 4 is 43.4 Å². The Balaban J connectivity index is 0.00000324. The molecule has 228 valence electrons. The molecular weight excluding hydrogens is 782 g/mol. The van der Waals surface area contributed by atoms with Gasteiger partial charge in [0.05, 0.1) is 11.8 Å². The molecule has 0 saturated carbocycles. The maximum Gasteiger partial charge on any atom is 2.00 e. The molecule has 0 bridgehead atoms. The molecule has 9 heteroatoms. The summed E-state index contributed by atoms with van der Waals surface area (Å²) in [7, 11) is 4.03. The molecule has 0 unspecified atom stereocenters. The first-order chi connectivity index (χ1) is 22.6. The first-order valence-corrected chi connectivity index (χ1v) is 15.7. The summed E-state index contributed by atoms with van der Waals surface area (Å²) in [6.45, 7) is 0. The number of thiazole rings is 1. The SMILES string of the molecule is Cn1cncc1-c1ccc(-c2ccccn2)[c-]c1-n1c2[c-]c(-c3nc4ccccc4s3)ccc2c2cc(-c3nccn3C)ccc21.[Pt+2]. The summed E-state index contributed by atoms with van der Waals surface area (Å²) < 4.78 is 7.51. The van der Waals surface area contributed by atoms with Gasteiger partial charge in [0.1, 0.15) is 5.82 Å². The first-order valence-electron chi connectivity index (χ1n) is 14.9. The van der Waals surface area contributed by atoms with E-state index in [1.165, 1.54) is 0 Å². The van der Waals surface area contributed by atoms with Gasteiger partial charge in [-0.25, -0.2) is 9.97 Å². The molecule has 0 aliphatic heterocycles. The van der Waals surface area contributed by atoms with Crippen LogP contribution >= 0.6 is 11.3 Å². The number of aryl methyl sites for hydroxylation is 2. The van der Waals surface area contributed by atoms with Gasteiger partial charge in [0.15, 0.2) is 0 Å². The van der Waals surface area contributed by atoms with Gasteiger partial charge in [0.2, 0.25) is 0 Å². The van der Waals surface area contributed by atoms with Gasteiger partial charge in [-0.05, 0) is 52.6 Å². The molecule has 0 aliphatic carbocycles. The topological polar surface area (TPSA) is 66.3 Å². The molecule has 4 aromatic carbocycles. The molecule has 47 heavy (non-hydrogen) atoms. The Kier molecular flexibility index (Phi) is 7.20. The van der Waals surface area contributed by atoms with Gasteiger partial charge in [-0.15, -0.1) is 47.5 Å². The number of pyridine rings is 1. The quantitative estimate of drug-likeness (QED) is 0.164. The number of benzene rings is 4. The Morgan fingerprint density at radius 1 is 0.766 bits per heavy atom. The van der Waals surface area contributed by atoms with E-state index >= 15 is 0 Å². The van der Waals surface area contributed by atoms with Crippen LogP contribution in [0.5, 0.6) is 0 Å². The van der Waals surface area contributed by atoms with Crippen LogP contribution < -0.4 is 0 Å². The third-order valence-electron chi connectivity index (χ3n) is 8.46. The van der Waals surface area contributed by atoms with Crippen LogP contribution in [0.25, 0.3) is 82.2 Å². The minimum Gasteiger partial charge on any atom is -0.345 e. The minimum atomic E-state index is 0. The zero-order chi connectivity index (χ0) is 30.8. The summed E-state index contributed by atoms with van der Waals surface area (Å²) in [5.74, 6) is 0.914. The Morgan fingerprint density at radius 2 is 1.64 bits per heavy atom. The standard InChI is InChI=1S/C38H25N7S.Pt/c1-43-18-17-41-37(43)25-12-15-32-29(19-25)27-13-11-26(38-42-31-8-3-4-9-36(31)46-38)21-33(27)45(32)34-20-24(30-7-5-6-16-40-30)10-14-28(34)35-22-39-23-44(35)2;/h3-19,22-23H,1-2H3;/q-2;+2. The van der Waals surface area contributed by atoms with Crippen molar-refractivity contribution in [2.45, 2.75) is 0 Å². The molecule has 7 nitrogen and oxygen atoms in total. The Labute approximate surface area is 289 Å². The number of hydrogen-bond acceptors (Lipinski definition) is 5. The number of imidazole rings is 2. The monoisotopic (exact) mass is 806 g/mol. The van der Waals surface area contributed by atoms with Gasteiger partial charge in [0.25, 0.3) is 0 Å². The fourth-order valence-electron chi connectivity index (χ4n) is 6.22. The van der Waals surface area contributed by atoms with E-state index in [-0.39, 0.29) is 21.1 Å². The van der Waals surface area contributed by atoms with E-state index in [2.05, 4.69) is 92.3 Å². The van der Waals surface area contributed by atoms with E-state index in [9.17, 15) is 0 Å². The van der Waals surface area contributed by atoms with Crippen molar-refractivity contribution < 1.29 is 21.1 Å². The number of hydrogen-bond donors (Lipinski definition) is 0. The summed E-state index contributed by atoms with van der Waals surface area (Å²) >= 11 is 1.68. The van der Waals surface area contributed by atoms with Gasteiger partial charge < -0.3 is 18.7 Å². The molecule has 0 N–H and O–H groups in total. The molecule has 5 aromatic heterocycles. The van der Waals surface area contributed by atoms with E-state index in [4.69, 9.17) is 4.98 Å². The second kappa shape index (κ2) is 11.6. The molecule has 0 spiro atoms. The predicted molar refractivity (Wildman–Crippen MR) is 185 cm³/mol. The smallest absolute Gasteiger partial charge is 0.345 e. The van der Waals surface area contributed by atoms with E-state index in [1.807, 2.05) is 78.6 Å². The summed E-state index contributed by atoms with van der Waals surface area (Å²) in [5.41, 5.74) is 9.63. The van der Waals surface area contributed by atoms with Crippen LogP contribution in [0.15, 0.2) is 116 Å². The minimum absolute atomic E-state index is 0. The number of fused-ring (bicyclic) bond motifs is 4. The Hall–Kier alpha value is -5.17. The fourth-order valence-corrected chi connectivity index (χ4v) is 7.17. The molecule has 9 rings (SSSR count). The van der Waals surface area contributed by atoms with Gasteiger partial charge in [0, 0.05) is 65.4 Å². The molecule has 0 radical (unpaired) electrons. The Bertz CT molecular complexity index is 2540. The summed E-state index contributed by atoms with van der Waals surface area (Å²) in [4.78, 5) is 18.7. The Morgan fingerprint density at radius 3 is 2.43 bits per heavy atom. The molecule has 0 fully saturated rings. The van der Waals surface area contributed by atoms with E-state index in [0.29, 0.717) is 0 Å². The summed E-state index contributed by atoms with van der Waals surface area (Å²) in [6.07, 6.45) is 9.35. The molecule has 0 amide bonds. The molecular formula is C38H25N7PtS. The van der Waals surface area contributed by atoms with E-state index < -0.39 is 0 Å². The number of nitrogens with zero attached hydrogens (tertiary/aromatic N) is 7. The van der Waals surface area contributed by atoms with Crippen molar-refractivity contribution in [1.82, 2.24) is 33.6 Å². The predicted octanol–water partition coefficient (Wildman–Crippen LogP) is 8.52. The van der Waals surface area contributed by atoms with Crippen LogP contribution in [0.1, 0.15) is 0 Å². The summed E-state index contributed by atoms with van der Waals surface area (Å²) in [6, 6.07) is 36.9. The number of rotatable bonds is 5. The normalized spacial score (nSPS) is 11.4. The number of para-hydroxylation sites is 1. The van der Waals surface area contributed by atoms with Crippen LogP contribution in [0, 0.1) is 12.1 Å². The van der Waals surface area contributed by atoms with E-state index in [0.717, 1.165) is 82.2 Å². The zero-order valence-electron chi connectivity index (χ0n) is 25.3. The molecule has 0 atom stereocenters. The van der Waals surface area contributed by atoms with Crippen LogP contribution in [-0.2, 0) is 35.2 Å². The van der Waals surface area contributed by atoms with Crippen molar-refractivity contribution in [1.29, 1.82) is 0 Å². The largest absolute Gasteiger partial charge is 2.00 e. The van der Waals surface area contributed by atoms with Crippen molar-refractivity contribution in [2.24, 2.45) is 14.1 Å². The fraction of sp³-hybridized carbons (Fsp3) is 0.0526. The third kappa shape index (κ3) is 4.84. The molecule has 0 saturated heterocycles. The molecule has 9 aromatic rings. The van der Waals surface area contributed by atoms with Crippen molar-refractivity contribution in [2.75, 3.05) is 0 Å². The van der Waals surface area contributed by atoms with Gasteiger partial charge >= 0.3 is 21.1 Å². The molecule has 0 aliphatic rings. The second-order valence-electron chi connectivity index (χ2n) is 11.3. The average Bonchev–Trinajstić information content (AvgIpc) is 3.89. The second-order valence-corrected chi connectivity index (χ2v) is 12.3. The van der Waals surface area contributed by atoms with Crippen LogP contribution in [0.3, 0.4) is 0 Å². The van der Waals surface area contributed by atoms with Crippen molar-refractivity contribution in [3.05, 3.63) is 128 Å². The van der Waals surface area contributed by atoms with Crippen LogP contribution in [0.4, 0.5) is 0 Å². The zero-order valence-corrected chi connectivity index (χ0v) is 28.4. The van der Waals surface area contributed by atoms with Gasteiger partial charge in [-0.3, -0.25) is 4.98 Å². The van der Waals surface area contributed by atoms with Crippen molar-refractivity contribution in [3.8, 4) is 50.2 Å². The van der Waals surface area contributed by atoms with Crippen molar-refractivity contribution in [3.63, 3.8) is 0 Å². The van der Waals surface area contributed by atoms with Gasteiger partial charge in [-0.1, -0.05) is 41.3 Å². The average molecular weight is 807 g/mol. The number of aromatic nitrogens is 7. The van der Waals surface area contributed by atoms with Crippen LogP contribution in [-0.4, -0.2) is 33.6 Å². The summed E-state index contributed by atoms with van der Waals surface area (Å²) in [5, 5.41) is 3.13. The van der Waals surface area contributed by atoms with Gasteiger partial charge in [-0.2, -0.15) is 11.3 Å². The van der Waals surface area contributed by atoms with E-state index in [1.54, 1.807) is 11.3 Å².